The minimum absolute atomic E-state index is 0.00676. The lowest BCUT2D eigenvalue weighted by Crippen LogP contribution is -2.04. The lowest BCUT2D eigenvalue weighted by atomic mass is 9.99. The number of aromatic nitrogens is 4. The van der Waals surface area contributed by atoms with E-state index < -0.39 is 17.7 Å². The summed E-state index contributed by atoms with van der Waals surface area (Å²) in [7, 11) is -7.95. The fraction of sp³-hybridized carbons (Fsp3) is 0.231. The van der Waals surface area contributed by atoms with Gasteiger partial charge in [-0.05, 0) is 47.9 Å². The van der Waals surface area contributed by atoms with Crippen LogP contribution in [0.15, 0.2) is 66.1 Å². The number of sulfone groups is 1. The Labute approximate surface area is 234 Å². The Morgan fingerprint density at radius 2 is 1.98 bits per heavy atom. The summed E-state index contributed by atoms with van der Waals surface area (Å²) in [4.78, 5) is 29.8. The monoisotopic (exact) mass is 604 g/mol. The molecule has 0 spiro atoms. The molecule has 3 aromatic heterocycles. The summed E-state index contributed by atoms with van der Waals surface area (Å²) < 4.78 is 48.3. The van der Waals surface area contributed by atoms with Gasteiger partial charge in [0.25, 0.3) is 0 Å². The van der Waals surface area contributed by atoms with Crippen molar-refractivity contribution in [2.75, 3.05) is 12.4 Å². The van der Waals surface area contributed by atoms with E-state index in [1.807, 2.05) is 24.3 Å². The van der Waals surface area contributed by atoms with Gasteiger partial charge in [0.15, 0.2) is 9.84 Å². The molecule has 0 unspecified atom stereocenters. The third-order valence-corrected chi connectivity index (χ3v) is 8.71. The first-order valence-corrected chi connectivity index (χ1v) is 15.9. The molecule has 210 valence electrons. The average Bonchev–Trinajstić information content (AvgIpc) is 3.54. The molecular formula is C26H26ClN4O7PS. The van der Waals surface area contributed by atoms with E-state index in [9.17, 15) is 13.0 Å². The highest BCUT2D eigenvalue weighted by Gasteiger charge is 2.19. The average molecular weight is 605 g/mol. The summed E-state index contributed by atoms with van der Waals surface area (Å²) in [6.45, 7) is 2.26. The van der Waals surface area contributed by atoms with Gasteiger partial charge in [0.2, 0.25) is 0 Å². The van der Waals surface area contributed by atoms with Crippen LogP contribution in [0.1, 0.15) is 19.0 Å². The third-order valence-electron chi connectivity index (χ3n) is 6.30. The molecular weight excluding hydrogens is 579 g/mol. The minimum Gasteiger partial charge on any atom is -0.491 e. The number of pyridine rings is 1. The molecule has 0 fully saturated rings. The molecule has 0 radical (unpaired) electrons. The third kappa shape index (κ3) is 6.22. The Morgan fingerprint density at radius 1 is 1.15 bits per heavy atom. The van der Waals surface area contributed by atoms with Gasteiger partial charge >= 0.3 is 7.82 Å². The maximum Gasteiger partial charge on any atom is 0.469 e. The number of phosphoric acid groups is 1. The molecule has 0 aliphatic heterocycles. The van der Waals surface area contributed by atoms with Crippen molar-refractivity contribution >= 4 is 51.2 Å². The van der Waals surface area contributed by atoms with Crippen LogP contribution in [0.5, 0.6) is 5.75 Å². The molecule has 40 heavy (non-hydrogen) atoms. The SMILES string of the molecule is CCS(=O)(=O)c1cccc(-c2ccc(OCCCn3cnc(COP(=O)(O)O)c3)c3[nH]c4ncc(Cl)cc4c23)c1. The van der Waals surface area contributed by atoms with Gasteiger partial charge in [-0.2, -0.15) is 0 Å². The van der Waals surface area contributed by atoms with Gasteiger partial charge in [0, 0.05) is 29.7 Å². The summed E-state index contributed by atoms with van der Waals surface area (Å²) in [5, 5.41) is 2.08. The van der Waals surface area contributed by atoms with Gasteiger partial charge in [-0.1, -0.05) is 30.7 Å². The Balaban J connectivity index is 1.40. The maximum atomic E-state index is 12.5. The van der Waals surface area contributed by atoms with Crippen LogP contribution in [-0.2, 0) is 32.1 Å². The van der Waals surface area contributed by atoms with Gasteiger partial charge < -0.3 is 24.1 Å². The number of H-pyrrole nitrogens is 1. The molecule has 0 aliphatic carbocycles. The van der Waals surface area contributed by atoms with Gasteiger partial charge in [0.05, 0.1) is 39.8 Å². The van der Waals surface area contributed by atoms with E-state index >= 15 is 0 Å². The lowest BCUT2D eigenvalue weighted by molar-refractivity contribution is 0.187. The molecule has 0 aliphatic rings. The zero-order valence-electron chi connectivity index (χ0n) is 21.3. The molecule has 5 rings (SSSR count). The zero-order valence-corrected chi connectivity index (χ0v) is 23.8. The number of hydrogen-bond acceptors (Lipinski definition) is 7. The second-order valence-electron chi connectivity index (χ2n) is 9.04. The van der Waals surface area contributed by atoms with Crippen LogP contribution < -0.4 is 4.74 Å². The summed E-state index contributed by atoms with van der Waals surface area (Å²) >= 11 is 6.28. The molecule has 0 saturated carbocycles. The van der Waals surface area contributed by atoms with Crippen molar-refractivity contribution in [1.29, 1.82) is 0 Å². The Hall–Kier alpha value is -3.25. The van der Waals surface area contributed by atoms with Crippen molar-refractivity contribution in [3.05, 3.63) is 71.9 Å². The summed E-state index contributed by atoms with van der Waals surface area (Å²) in [6.07, 6.45) is 5.39. The summed E-state index contributed by atoms with van der Waals surface area (Å²) in [5.41, 5.74) is 3.30. The number of benzene rings is 2. The Bertz CT molecular complexity index is 1850. The highest BCUT2D eigenvalue weighted by Crippen LogP contribution is 2.40. The first-order valence-electron chi connectivity index (χ1n) is 12.3. The number of phosphoric ester groups is 1. The topological polar surface area (TPSA) is 157 Å². The number of nitrogens with zero attached hydrogens (tertiary/aromatic N) is 3. The predicted octanol–water partition coefficient (Wildman–Crippen LogP) is 5.11. The molecule has 0 atom stereocenters. The fourth-order valence-electron chi connectivity index (χ4n) is 4.40. The highest BCUT2D eigenvalue weighted by molar-refractivity contribution is 7.91. The van der Waals surface area contributed by atoms with Crippen LogP contribution in [0.25, 0.3) is 33.1 Å². The Morgan fingerprint density at radius 3 is 2.75 bits per heavy atom. The fourth-order valence-corrected chi connectivity index (χ4v) is 5.79. The van der Waals surface area contributed by atoms with Crippen molar-refractivity contribution in [3.63, 3.8) is 0 Å². The van der Waals surface area contributed by atoms with Crippen LogP contribution in [0, 0.1) is 0 Å². The normalized spacial score (nSPS) is 12.4. The summed E-state index contributed by atoms with van der Waals surface area (Å²) in [6, 6.07) is 12.4. The van der Waals surface area contributed by atoms with E-state index in [1.165, 1.54) is 0 Å². The number of imidazole rings is 1. The molecule has 14 heteroatoms. The second kappa shape index (κ2) is 11.3. The molecule has 0 bridgehead atoms. The van der Waals surface area contributed by atoms with Crippen LogP contribution in [-0.4, -0.2) is 50.1 Å². The van der Waals surface area contributed by atoms with Gasteiger partial charge in [-0.3, -0.25) is 4.52 Å². The van der Waals surface area contributed by atoms with Gasteiger partial charge in [-0.25, -0.2) is 23.0 Å². The summed E-state index contributed by atoms with van der Waals surface area (Å²) in [5.74, 6) is 0.610. The van der Waals surface area contributed by atoms with E-state index in [-0.39, 0.29) is 17.3 Å². The number of aromatic amines is 1. The zero-order chi connectivity index (χ0) is 28.5. The van der Waals surface area contributed by atoms with Crippen molar-refractivity contribution in [2.24, 2.45) is 0 Å². The van der Waals surface area contributed by atoms with E-state index in [1.54, 1.807) is 48.4 Å². The lowest BCUT2D eigenvalue weighted by Gasteiger charge is -2.12. The quantitative estimate of drug-likeness (QED) is 0.138. The molecule has 3 heterocycles. The van der Waals surface area contributed by atoms with Crippen LogP contribution >= 0.6 is 19.4 Å². The Kier molecular flexibility index (Phi) is 8.01. The van der Waals surface area contributed by atoms with E-state index in [2.05, 4.69) is 19.5 Å². The van der Waals surface area contributed by atoms with Crippen LogP contribution in [0.3, 0.4) is 0 Å². The number of fused-ring (bicyclic) bond motifs is 3. The van der Waals surface area contributed by atoms with Crippen LogP contribution in [0.2, 0.25) is 5.02 Å². The van der Waals surface area contributed by atoms with Gasteiger partial charge in [0.1, 0.15) is 18.0 Å². The predicted molar refractivity (Wildman–Crippen MR) is 151 cm³/mol. The maximum absolute atomic E-state index is 12.5. The number of ether oxygens (including phenoxy) is 1. The molecule has 11 nitrogen and oxygen atoms in total. The second-order valence-corrected chi connectivity index (χ2v) is 13.0. The molecule has 0 amide bonds. The molecule has 5 aromatic rings. The van der Waals surface area contributed by atoms with E-state index in [4.69, 9.17) is 26.1 Å². The number of nitrogens with one attached hydrogen (secondary N) is 1. The van der Waals surface area contributed by atoms with E-state index in [0.29, 0.717) is 47.2 Å². The molecule has 3 N–H and O–H groups in total. The smallest absolute Gasteiger partial charge is 0.469 e. The number of halogens is 1. The van der Waals surface area contributed by atoms with Crippen molar-refractivity contribution in [1.82, 2.24) is 19.5 Å². The first-order chi connectivity index (χ1) is 19.0. The van der Waals surface area contributed by atoms with Gasteiger partial charge in [-0.15, -0.1) is 0 Å². The van der Waals surface area contributed by atoms with Crippen molar-refractivity contribution < 1.29 is 32.0 Å². The van der Waals surface area contributed by atoms with Crippen molar-refractivity contribution in [3.8, 4) is 16.9 Å². The minimum atomic E-state index is -4.56. The number of rotatable bonds is 11. The number of hydrogen-bond donors (Lipinski definition) is 3. The molecule has 0 saturated heterocycles. The van der Waals surface area contributed by atoms with Crippen molar-refractivity contribution in [2.45, 2.75) is 31.4 Å². The highest BCUT2D eigenvalue weighted by atomic mass is 35.5. The standard InChI is InChI=1S/C26H26ClN4O7PS/c1-2-40(35,36)20-6-3-5-17(11-20)21-7-8-23(25-24(21)22-12-18(27)13-28-26(22)30-25)37-10-4-9-31-14-19(29-16-31)15-38-39(32,33)34/h3,5-8,11-14,16H,2,4,9-10,15H2,1H3,(H,28,30)(H2,32,33,34). The largest absolute Gasteiger partial charge is 0.491 e. The van der Waals surface area contributed by atoms with E-state index in [0.717, 1.165) is 21.9 Å². The molecule has 2 aromatic carbocycles. The first kappa shape index (κ1) is 28.3. The van der Waals surface area contributed by atoms with Crippen LogP contribution in [0.4, 0.5) is 0 Å². The number of aryl methyl sites for hydroxylation is 1.